The summed E-state index contributed by atoms with van der Waals surface area (Å²) in [5.74, 6) is -4.52. The predicted molar refractivity (Wildman–Crippen MR) is 189 cm³/mol. The molecular formula is C37H41F2N5O8S. The molecule has 0 aromatic heterocycles. The van der Waals surface area contributed by atoms with Gasteiger partial charge in [-0.05, 0) is 53.9 Å². The first-order chi connectivity index (χ1) is 25.1. The molecule has 4 amide bonds. The number of halogens is 2. The Balaban J connectivity index is 1.23. The number of oxime groups is 1. The van der Waals surface area contributed by atoms with Crippen molar-refractivity contribution in [3.8, 4) is 11.1 Å². The van der Waals surface area contributed by atoms with E-state index in [1.54, 1.807) is 20.8 Å². The molecule has 0 radical (unpaired) electrons. The molecule has 7 rings (SSSR count). The van der Waals surface area contributed by atoms with Crippen LogP contribution in [0.2, 0.25) is 0 Å². The van der Waals surface area contributed by atoms with Crippen LogP contribution in [0.15, 0.2) is 53.7 Å². The molecule has 5 atom stereocenters. The minimum atomic E-state index is -4.12. The number of nitrogens with zero attached hydrogens (tertiary/aromatic N) is 2. The van der Waals surface area contributed by atoms with Crippen LogP contribution < -0.4 is 15.4 Å². The summed E-state index contributed by atoms with van der Waals surface area (Å²) in [6, 6.07) is 11.0. The fourth-order valence-corrected chi connectivity index (χ4v) is 8.57. The monoisotopic (exact) mass is 753 g/mol. The zero-order chi connectivity index (χ0) is 37.9. The largest absolute Gasteiger partial charge is 0.449 e. The number of alkyl carbamates (subject to hydrolysis) is 1. The number of carbonyl (C=O) groups excluding carboxylic acids is 4. The molecule has 3 aliphatic carbocycles. The van der Waals surface area contributed by atoms with E-state index in [2.05, 4.69) is 15.8 Å². The number of benzene rings is 2. The van der Waals surface area contributed by atoms with Crippen LogP contribution in [0.1, 0.15) is 69.6 Å². The van der Waals surface area contributed by atoms with Crippen LogP contribution in [0.3, 0.4) is 0 Å². The van der Waals surface area contributed by atoms with E-state index in [4.69, 9.17) is 9.57 Å². The van der Waals surface area contributed by atoms with Crippen molar-refractivity contribution in [1.29, 1.82) is 0 Å². The number of rotatable bonds is 6. The Bertz CT molecular complexity index is 2030. The van der Waals surface area contributed by atoms with Crippen molar-refractivity contribution in [1.82, 2.24) is 20.3 Å². The van der Waals surface area contributed by atoms with Gasteiger partial charge in [-0.25, -0.2) is 22.0 Å². The molecule has 0 spiro atoms. The zero-order valence-corrected chi connectivity index (χ0v) is 30.3. The number of fused-ring (bicyclic) bond motifs is 6. The molecule has 282 valence electrons. The van der Waals surface area contributed by atoms with E-state index in [1.807, 2.05) is 59.3 Å². The highest BCUT2D eigenvalue weighted by Gasteiger charge is 2.67. The molecule has 2 aromatic carbocycles. The molecule has 3 fully saturated rings. The molecule has 2 saturated carbocycles. The van der Waals surface area contributed by atoms with Crippen molar-refractivity contribution in [2.75, 3.05) is 13.2 Å². The van der Waals surface area contributed by atoms with Gasteiger partial charge in [0.05, 0.1) is 24.3 Å². The van der Waals surface area contributed by atoms with Crippen molar-refractivity contribution in [2.45, 2.75) is 88.3 Å². The van der Waals surface area contributed by atoms with Crippen molar-refractivity contribution in [3.63, 3.8) is 0 Å². The molecule has 2 heterocycles. The Labute approximate surface area is 305 Å². The van der Waals surface area contributed by atoms with Gasteiger partial charge in [0.15, 0.2) is 0 Å². The SMILES string of the molecule is CC(C)(C)[C@@H]1NC(=O)OCC/C=C/c2ccc3c(c2)/C(=N\O[C@@H]2C[C@@H](C(=O)N[C@@]4(C(=O)NS(=O)(=O)C5CC5)C[C@H]4C(F)F)N(C2)C1=O)c1ccccc1-3. The second kappa shape index (κ2) is 13.5. The first-order valence-corrected chi connectivity index (χ1v) is 19.2. The van der Waals surface area contributed by atoms with Crippen LogP contribution in [-0.4, -0.2) is 91.4 Å². The number of hydrogen-bond donors (Lipinski definition) is 3. The second-order valence-electron chi connectivity index (χ2n) is 15.3. The molecule has 5 aliphatic rings. The van der Waals surface area contributed by atoms with Crippen LogP contribution in [0.5, 0.6) is 0 Å². The van der Waals surface area contributed by atoms with Gasteiger partial charge >= 0.3 is 6.09 Å². The van der Waals surface area contributed by atoms with Gasteiger partial charge in [0.2, 0.25) is 28.3 Å². The standard InChI is InChI=1S/C37H41F2N5O8S/c1-36(2,3)30-33(46)44-19-21(17-28(44)32(45)41-37(18-27(37)31(38)39)34(47)43-53(49,50)22-12-13-22)52-42-29-25-10-5-4-9-23(25)24-14-11-20(16-26(24)29)8-6-7-15-51-35(48)40-30/h4-6,8-11,14,16,21-22,27-28,30-31H,7,12-13,15,17-19H2,1-3H3,(H,40,48)(H,41,45)(H,43,47)/b8-6+,42-29-/t21-,27+,28+,30-,37+/m1/s1. The summed E-state index contributed by atoms with van der Waals surface area (Å²) in [5, 5.41) is 8.80. The predicted octanol–water partition coefficient (Wildman–Crippen LogP) is 3.71. The number of alkyl halides is 2. The molecule has 2 aliphatic heterocycles. The first-order valence-electron chi connectivity index (χ1n) is 17.6. The molecule has 13 nitrogen and oxygen atoms in total. The number of cyclic esters (lactones) is 1. The van der Waals surface area contributed by atoms with Crippen LogP contribution >= 0.6 is 0 Å². The molecule has 2 aromatic rings. The average molecular weight is 754 g/mol. The van der Waals surface area contributed by atoms with Gasteiger partial charge in [0.25, 0.3) is 5.91 Å². The van der Waals surface area contributed by atoms with E-state index < -0.39 is 87.0 Å². The fraction of sp³-hybridized carbons (Fsp3) is 0.486. The van der Waals surface area contributed by atoms with Gasteiger partial charge in [-0.3, -0.25) is 19.1 Å². The second-order valence-corrected chi connectivity index (χ2v) is 17.3. The highest BCUT2D eigenvalue weighted by molar-refractivity contribution is 7.91. The molecule has 1 saturated heterocycles. The quantitative estimate of drug-likeness (QED) is 0.342. The average Bonchev–Trinajstić information content (AvgIpc) is 4.01. The summed E-state index contributed by atoms with van der Waals surface area (Å²) in [6.45, 7) is 5.00. The Kier molecular flexibility index (Phi) is 9.31. The van der Waals surface area contributed by atoms with E-state index in [9.17, 15) is 36.4 Å². The van der Waals surface area contributed by atoms with Crippen LogP contribution in [0.4, 0.5) is 13.6 Å². The van der Waals surface area contributed by atoms with E-state index >= 15 is 0 Å². The molecule has 53 heavy (non-hydrogen) atoms. The molecule has 4 bridgehead atoms. The van der Waals surface area contributed by atoms with Gasteiger partial charge in [-0.2, -0.15) is 0 Å². The van der Waals surface area contributed by atoms with E-state index in [0.29, 0.717) is 25.0 Å². The zero-order valence-electron chi connectivity index (χ0n) is 29.4. The number of hydrogen-bond acceptors (Lipinski definition) is 9. The van der Waals surface area contributed by atoms with E-state index in [1.165, 1.54) is 4.90 Å². The molecule has 16 heteroatoms. The Morgan fingerprint density at radius 2 is 1.77 bits per heavy atom. The number of ether oxygens (including phenoxy) is 1. The highest BCUT2D eigenvalue weighted by atomic mass is 32.2. The van der Waals surface area contributed by atoms with Crippen LogP contribution in [0, 0.1) is 11.3 Å². The number of carbonyl (C=O) groups is 4. The third-order valence-electron chi connectivity index (χ3n) is 10.4. The maximum atomic E-state index is 14.4. The summed E-state index contributed by atoms with van der Waals surface area (Å²) >= 11 is 0. The number of amides is 4. The van der Waals surface area contributed by atoms with Crippen molar-refractivity contribution < 1.29 is 46.0 Å². The van der Waals surface area contributed by atoms with Crippen molar-refractivity contribution in [3.05, 3.63) is 65.2 Å². The van der Waals surface area contributed by atoms with Crippen molar-refractivity contribution in [2.24, 2.45) is 16.5 Å². The van der Waals surface area contributed by atoms with Gasteiger partial charge in [0, 0.05) is 17.5 Å². The normalized spacial score (nSPS) is 28.6. The van der Waals surface area contributed by atoms with E-state index in [-0.39, 0.29) is 19.6 Å². The summed E-state index contributed by atoms with van der Waals surface area (Å²) in [7, 11) is -4.12. The van der Waals surface area contributed by atoms with Gasteiger partial charge < -0.3 is 25.1 Å². The number of nitrogens with one attached hydrogen (secondary N) is 3. The van der Waals surface area contributed by atoms with Crippen LogP contribution in [-0.2, 0) is 34.0 Å². The molecule has 0 unspecified atom stereocenters. The molecule has 3 N–H and O–H groups in total. The first kappa shape index (κ1) is 36.5. The maximum absolute atomic E-state index is 14.4. The lowest BCUT2D eigenvalue weighted by molar-refractivity contribution is -0.143. The lowest BCUT2D eigenvalue weighted by Gasteiger charge is -2.35. The lowest BCUT2D eigenvalue weighted by Crippen LogP contribution is -2.60. The third-order valence-corrected chi connectivity index (χ3v) is 12.2. The lowest BCUT2D eigenvalue weighted by atomic mass is 9.85. The topological polar surface area (TPSA) is 173 Å². The molecular weight excluding hydrogens is 712 g/mol. The van der Waals surface area contributed by atoms with Gasteiger partial charge in [0.1, 0.15) is 29.4 Å². The van der Waals surface area contributed by atoms with Crippen molar-refractivity contribution >= 4 is 45.6 Å². The highest BCUT2D eigenvalue weighted by Crippen LogP contribution is 2.48. The Morgan fingerprint density at radius 3 is 2.45 bits per heavy atom. The third kappa shape index (κ3) is 7.12. The Morgan fingerprint density at radius 1 is 1.06 bits per heavy atom. The summed E-state index contributed by atoms with van der Waals surface area (Å²) in [6.07, 6.45) is -0.602. The van der Waals surface area contributed by atoms with E-state index in [0.717, 1.165) is 27.8 Å². The summed E-state index contributed by atoms with van der Waals surface area (Å²) in [5.41, 5.74) is 1.84. The number of sulfonamides is 1. The summed E-state index contributed by atoms with van der Waals surface area (Å²) in [4.78, 5) is 62.0. The minimum Gasteiger partial charge on any atom is -0.449 e. The smallest absolute Gasteiger partial charge is 0.407 e. The Hall–Kier alpha value is -4.86. The maximum Gasteiger partial charge on any atom is 0.407 e. The van der Waals surface area contributed by atoms with Crippen LogP contribution in [0.25, 0.3) is 17.2 Å². The van der Waals surface area contributed by atoms with Gasteiger partial charge in [-0.15, -0.1) is 0 Å². The minimum absolute atomic E-state index is 0.0209. The van der Waals surface area contributed by atoms with Gasteiger partial charge in [-0.1, -0.05) is 74.5 Å². The fourth-order valence-electron chi connectivity index (χ4n) is 7.21. The summed E-state index contributed by atoms with van der Waals surface area (Å²) < 4.78 is 60.6.